The number of carbonyl (C=O) groups excluding carboxylic acids is 1. The number of ether oxygens (including phenoxy) is 1. The monoisotopic (exact) mass is 317 g/mol. The van der Waals surface area contributed by atoms with Crippen LogP contribution in [0.15, 0.2) is 30.3 Å². The number of para-hydroxylation sites is 1. The molecule has 1 aromatic rings. The Bertz CT molecular complexity index is 523. The molecule has 0 N–H and O–H groups in total. The number of piperidine rings is 3. The minimum atomic E-state index is -0.171. The summed E-state index contributed by atoms with van der Waals surface area (Å²) in [7, 11) is 2.29. The fourth-order valence-corrected chi connectivity index (χ4v) is 3.93. The van der Waals surface area contributed by atoms with Gasteiger partial charge in [-0.1, -0.05) is 31.5 Å². The molecule has 1 aromatic carbocycles. The lowest BCUT2D eigenvalue weighted by molar-refractivity contribution is -0.928. The smallest absolute Gasteiger partial charge is 0.414 e. The molecular formula is C19H29N2O2+. The van der Waals surface area contributed by atoms with Crippen LogP contribution in [0.3, 0.4) is 0 Å². The van der Waals surface area contributed by atoms with Crippen molar-refractivity contribution in [3.63, 3.8) is 0 Å². The van der Waals surface area contributed by atoms with Gasteiger partial charge in [0.2, 0.25) is 0 Å². The molecule has 0 unspecified atom stereocenters. The van der Waals surface area contributed by atoms with Crippen molar-refractivity contribution >= 4 is 11.8 Å². The average Bonchev–Trinajstić information content (AvgIpc) is 2.56. The van der Waals surface area contributed by atoms with Crippen LogP contribution < -0.4 is 4.90 Å². The summed E-state index contributed by atoms with van der Waals surface area (Å²) in [5, 5.41) is 0. The van der Waals surface area contributed by atoms with Crippen molar-refractivity contribution in [2.45, 2.75) is 38.7 Å². The molecule has 4 nitrogen and oxygen atoms in total. The van der Waals surface area contributed by atoms with Crippen LogP contribution in [0.1, 0.15) is 32.6 Å². The van der Waals surface area contributed by atoms with E-state index in [0.29, 0.717) is 5.92 Å². The van der Waals surface area contributed by atoms with Crippen molar-refractivity contribution in [3.8, 4) is 0 Å². The molecule has 1 atom stereocenters. The maximum Gasteiger partial charge on any atom is 0.414 e. The molecule has 3 aliphatic rings. The Labute approximate surface area is 139 Å². The minimum absolute atomic E-state index is 0.0860. The molecule has 3 saturated heterocycles. The highest BCUT2D eigenvalue weighted by molar-refractivity contribution is 5.87. The highest BCUT2D eigenvalue weighted by Gasteiger charge is 2.45. The average molecular weight is 317 g/mol. The topological polar surface area (TPSA) is 29.5 Å². The molecule has 0 saturated carbocycles. The third-order valence-corrected chi connectivity index (χ3v) is 5.50. The van der Waals surface area contributed by atoms with Gasteiger partial charge < -0.3 is 9.22 Å². The molecule has 4 heteroatoms. The number of hydrogen-bond donors (Lipinski definition) is 0. The highest BCUT2D eigenvalue weighted by Crippen LogP contribution is 2.34. The second-order valence-corrected chi connectivity index (χ2v) is 7.35. The quantitative estimate of drug-likeness (QED) is 0.776. The largest absolute Gasteiger partial charge is 0.440 e. The number of carbonyl (C=O) groups is 1. The zero-order valence-corrected chi connectivity index (χ0v) is 14.4. The Morgan fingerprint density at radius 2 is 1.96 bits per heavy atom. The van der Waals surface area contributed by atoms with Gasteiger partial charge in [-0.3, -0.25) is 4.90 Å². The molecule has 0 aliphatic carbocycles. The Balaban J connectivity index is 1.69. The molecule has 1 amide bonds. The van der Waals surface area contributed by atoms with E-state index in [-0.39, 0.29) is 12.2 Å². The molecule has 0 spiro atoms. The van der Waals surface area contributed by atoms with Gasteiger partial charge >= 0.3 is 6.09 Å². The molecule has 3 aliphatic heterocycles. The summed E-state index contributed by atoms with van der Waals surface area (Å²) in [6, 6.07) is 9.90. The molecular weight excluding hydrogens is 288 g/mol. The summed E-state index contributed by atoms with van der Waals surface area (Å²) in [6.45, 7) is 6.32. The van der Waals surface area contributed by atoms with Gasteiger partial charge in [0.25, 0.3) is 0 Å². The van der Waals surface area contributed by atoms with Gasteiger partial charge in [0.05, 0.1) is 20.1 Å². The normalized spacial score (nSPS) is 29.3. The summed E-state index contributed by atoms with van der Waals surface area (Å²) in [5.41, 5.74) is 0.938. The predicted octanol–water partition coefficient (Wildman–Crippen LogP) is 3.67. The van der Waals surface area contributed by atoms with E-state index in [1.54, 1.807) is 4.90 Å². The van der Waals surface area contributed by atoms with Crippen molar-refractivity contribution in [1.29, 1.82) is 0 Å². The van der Waals surface area contributed by atoms with Crippen LogP contribution in [-0.4, -0.2) is 49.9 Å². The van der Waals surface area contributed by atoms with Gasteiger partial charge in [0.15, 0.2) is 6.10 Å². The molecule has 0 radical (unpaired) electrons. The van der Waals surface area contributed by atoms with E-state index in [1.165, 1.54) is 25.9 Å². The zero-order valence-electron chi connectivity index (χ0n) is 14.4. The Morgan fingerprint density at radius 3 is 2.57 bits per heavy atom. The lowest BCUT2D eigenvalue weighted by atomic mass is 9.84. The van der Waals surface area contributed by atoms with Crippen LogP contribution in [0, 0.1) is 5.92 Å². The summed E-state index contributed by atoms with van der Waals surface area (Å²) in [5.74, 6) is 0.558. The van der Waals surface area contributed by atoms with E-state index < -0.39 is 0 Å². The van der Waals surface area contributed by atoms with E-state index in [9.17, 15) is 4.79 Å². The van der Waals surface area contributed by atoms with E-state index in [4.69, 9.17) is 4.74 Å². The lowest BCUT2D eigenvalue weighted by Crippen LogP contribution is -2.62. The van der Waals surface area contributed by atoms with Crippen LogP contribution in [0.5, 0.6) is 0 Å². The van der Waals surface area contributed by atoms with Crippen LogP contribution in [-0.2, 0) is 4.74 Å². The molecule has 3 fully saturated rings. The standard InChI is InChI=1S/C19H29N2O2/c1-3-4-12-20(17-8-6-5-7-9-17)19(22)23-18-15-21(2)13-10-16(18)11-14-21/h5-9,16,18H,3-4,10-15H2,1-2H3/q+1/t16?,18-,21?/m0/s1. The Hall–Kier alpha value is -1.55. The van der Waals surface area contributed by atoms with Crippen molar-refractivity contribution in [2.75, 3.05) is 38.1 Å². The van der Waals surface area contributed by atoms with Gasteiger partial charge in [0.1, 0.15) is 6.54 Å². The van der Waals surface area contributed by atoms with Gasteiger partial charge in [-0.15, -0.1) is 0 Å². The minimum Gasteiger partial charge on any atom is -0.440 e. The predicted molar refractivity (Wildman–Crippen MR) is 92.5 cm³/mol. The fraction of sp³-hybridized carbons (Fsp3) is 0.632. The number of quaternary nitrogens is 1. The second-order valence-electron chi connectivity index (χ2n) is 7.35. The Morgan fingerprint density at radius 1 is 1.26 bits per heavy atom. The molecule has 2 bridgehead atoms. The number of fused-ring (bicyclic) bond motifs is 3. The number of hydrogen-bond acceptors (Lipinski definition) is 2. The van der Waals surface area contributed by atoms with Crippen LogP contribution in [0.2, 0.25) is 0 Å². The van der Waals surface area contributed by atoms with Crippen molar-refractivity contribution in [1.82, 2.24) is 0 Å². The molecule has 126 valence electrons. The van der Waals surface area contributed by atoms with Crippen molar-refractivity contribution < 1.29 is 14.0 Å². The maximum atomic E-state index is 12.8. The second kappa shape index (κ2) is 6.91. The van der Waals surface area contributed by atoms with E-state index in [0.717, 1.165) is 36.1 Å². The third kappa shape index (κ3) is 3.69. The summed E-state index contributed by atoms with van der Waals surface area (Å²) >= 11 is 0. The Kier molecular flexibility index (Phi) is 4.90. The number of amides is 1. The number of nitrogens with zero attached hydrogens (tertiary/aromatic N) is 2. The van der Waals surface area contributed by atoms with Crippen molar-refractivity contribution in [2.24, 2.45) is 5.92 Å². The first-order chi connectivity index (χ1) is 11.1. The third-order valence-electron chi connectivity index (χ3n) is 5.50. The molecule has 4 rings (SSSR count). The SMILES string of the molecule is CCCCN(C(=O)O[C@H]1C[N+]2(C)CCC1CC2)c1ccccc1. The first-order valence-electron chi connectivity index (χ1n) is 8.98. The number of rotatable bonds is 5. The molecule has 3 heterocycles. The molecule has 0 aromatic heterocycles. The summed E-state index contributed by atoms with van der Waals surface area (Å²) < 4.78 is 7.04. The zero-order chi connectivity index (χ0) is 16.3. The van der Waals surface area contributed by atoms with Crippen LogP contribution >= 0.6 is 0 Å². The number of likely N-dealkylation sites (N-methyl/N-ethyl adjacent to an activating group) is 1. The van der Waals surface area contributed by atoms with Crippen LogP contribution in [0.25, 0.3) is 0 Å². The highest BCUT2D eigenvalue weighted by atomic mass is 16.6. The lowest BCUT2D eigenvalue weighted by Gasteiger charge is -2.49. The van der Waals surface area contributed by atoms with E-state index >= 15 is 0 Å². The van der Waals surface area contributed by atoms with Gasteiger partial charge in [-0.2, -0.15) is 0 Å². The van der Waals surface area contributed by atoms with E-state index in [2.05, 4.69) is 14.0 Å². The first kappa shape index (κ1) is 16.3. The number of unbranched alkanes of at least 4 members (excludes halogenated alkanes) is 1. The first-order valence-corrected chi connectivity index (χ1v) is 8.98. The fourth-order valence-electron chi connectivity index (χ4n) is 3.93. The van der Waals surface area contributed by atoms with E-state index in [1.807, 2.05) is 30.3 Å². The summed E-state index contributed by atoms with van der Waals surface area (Å²) in [6.07, 6.45) is 4.35. The number of anilines is 1. The van der Waals surface area contributed by atoms with Gasteiger partial charge in [-0.25, -0.2) is 4.79 Å². The number of benzene rings is 1. The van der Waals surface area contributed by atoms with Crippen molar-refractivity contribution in [3.05, 3.63) is 30.3 Å². The van der Waals surface area contributed by atoms with Gasteiger partial charge in [0, 0.05) is 31.0 Å². The molecule has 23 heavy (non-hydrogen) atoms. The summed E-state index contributed by atoms with van der Waals surface area (Å²) in [4.78, 5) is 14.6. The van der Waals surface area contributed by atoms with Gasteiger partial charge in [-0.05, 0) is 18.6 Å². The van der Waals surface area contributed by atoms with Crippen LogP contribution in [0.4, 0.5) is 10.5 Å². The maximum absolute atomic E-state index is 12.8.